The van der Waals surface area contributed by atoms with Crippen LogP contribution in [0.25, 0.3) is 6.08 Å². The monoisotopic (exact) mass is 361 g/mol. The van der Waals surface area contributed by atoms with Crippen molar-refractivity contribution in [1.29, 1.82) is 0 Å². The lowest BCUT2D eigenvalue weighted by Crippen LogP contribution is -2.21. The summed E-state index contributed by atoms with van der Waals surface area (Å²) in [6.07, 6.45) is 1.82. The van der Waals surface area contributed by atoms with Crippen molar-refractivity contribution in [3.63, 3.8) is 0 Å². The Morgan fingerprint density at radius 3 is 2.33 bits per heavy atom. The third kappa shape index (κ3) is 3.16. The number of sulfonamides is 1. The molecule has 2 heterocycles. The van der Waals surface area contributed by atoms with E-state index in [1.54, 1.807) is 18.3 Å². The van der Waals surface area contributed by atoms with E-state index in [2.05, 4.69) is 5.10 Å². The van der Waals surface area contributed by atoms with Crippen LogP contribution in [0.5, 0.6) is 0 Å². The van der Waals surface area contributed by atoms with Crippen molar-refractivity contribution in [3.8, 4) is 0 Å². The number of thiophene rings is 1. The number of rotatable bonds is 3. The molecule has 1 amide bonds. The highest BCUT2D eigenvalue weighted by molar-refractivity contribution is 7.89. The Kier molecular flexibility index (Phi) is 4.12. The number of carbonyl (C=O) groups excluding carboxylic acids is 1. The predicted octanol–water partition coefficient (Wildman–Crippen LogP) is 2.51. The molecular formula is C16H15N3O3S2. The van der Waals surface area contributed by atoms with Gasteiger partial charge in [0.25, 0.3) is 5.91 Å². The van der Waals surface area contributed by atoms with E-state index in [-0.39, 0.29) is 10.8 Å². The molecule has 3 rings (SSSR count). The Balaban J connectivity index is 1.92. The number of nitrogens with zero attached hydrogens (tertiary/aromatic N) is 2. The molecule has 6 nitrogen and oxygen atoms in total. The van der Waals surface area contributed by atoms with Gasteiger partial charge in [-0.1, -0.05) is 0 Å². The largest absolute Gasteiger partial charge is 0.280 e. The molecule has 0 bridgehead atoms. The molecule has 124 valence electrons. The molecule has 0 radical (unpaired) electrons. The van der Waals surface area contributed by atoms with E-state index in [1.165, 1.54) is 29.3 Å². The molecule has 1 aromatic carbocycles. The van der Waals surface area contributed by atoms with E-state index < -0.39 is 10.0 Å². The van der Waals surface area contributed by atoms with E-state index in [1.807, 2.05) is 25.1 Å². The van der Waals surface area contributed by atoms with E-state index >= 15 is 0 Å². The third-order valence-corrected chi connectivity index (χ3v) is 5.40. The number of benzene rings is 1. The molecule has 0 fully saturated rings. The maximum absolute atomic E-state index is 12.6. The Bertz CT molecular complexity index is 970. The number of aryl methyl sites for hydroxylation is 1. The van der Waals surface area contributed by atoms with Crippen LogP contribution < -0.4 is 10.1 Å². The molecule has 0 unspecified atom stereocenters. The average molecular weight is 361 g/mol. The molecule has 1 aliphatic rings. The van der Waals surface area contributed by atoms with Crippen LogP contribution in [0.3, 0.4) is 0 Å². The molecule has 2 N–H and O–H groups in total. The Labute approximate surface area is 144 Å². The molecule has 0 aliphatic carbocycles. The van der Waals surface area contributed by atoms with Gasteiger partial charge in [0, 0.05) is 9.75 Å². The van der Waals surface area contributed by atoms with Crippen molar-refractivity contribution in [1.82, 2.24) is 0 Å². The highest BCUT2D eigenvalue weighted by atomic mass is 32.2. The molecular weight excluding hydrogens is 346 g/mol. The first-order valence-electron chi connectivity index (χ1n) is 7.07. The zero-order valence-electron chi connectivity index (χ0n) is 13.1. The van der Waals surface area contributed by atoms with Crippen LogP contribution in [-0.2, 0) is 14.8 Å². The van der Waals surface area contributed by atoms with Gasteiger partial charge in [0.2, 0.25) is 10.0 Å². The van der Waals surface area contributed by atoms with Crippen LogP contribution >= 0.6 is 11.3 Å². The van der Waals surface area contributed by atoms with Gasteiger partial charge in [-0.25, -0.2) is 13.6 Å². The Hall–Kier alpha value is -2.29. The van der Waals surface area contributed by atoms with Crippen molar-refractivity contribution >= 4 is 44.7 Å². The van der Waals surface area contributed by atoms with Gasteiger partial charge < -0.3 is 0 Å². The zero-order chi connectivity index (χ0) is 17.5. The summed E-state index contributed by atoms with van der Waals surface area (Å²) in [6.45, 7) is 3.77. The van der Waals surface area contributed by atoms with Gasteiger partial charge in [0.05, 0.1) is 21.9 Å². The molecule has 0 atom stereocenters. The number of hydrazone groups is 1. The highest BCUT2D eigenvalue weighted by Gasteiger charge is 2.29. The van der Waals surface area contributed by atoms with Gasteiger partial charge in [-0.15, -0.1) is 11.3 Å². The number of amides is 1. The number of carbonyl (C=O) groups is 1. The van der Waals surface area contributed by atoms with Crippen LogP contribution in [0.15, 0.2) is 52.0 Å². The second-order valence-corrected chi connectivity index (χ2v) is 8.23. The molecule has 24 heavy (non-hydrogen) atoms. The topological polar surface area (TPSA) is 92.8 Å². The van der Waals surface area contributed by atoms with E-state index in [0.717, 1.165) is 9.75 Å². The highest BCUT2D eigenvalue weighted by Crippen LogP contribution is 2.27. The third-order valence-electron chi connectivity index (χ3n) is 3.52. The lowest BCUT2D eigenvalue weighted by atomic mass is 10.1. The predicted molar refractivity (Wildman–Crippen MR) is 95.4 cm³/mol. The van der Waals surface area contributed by atoms with Crippen LogP contribution in [0.2, 0.25) is 0 Å². The van der Waals surface area contributed by atoms with Crippen molar-refractivity contribution < 1.29 is 13.2 Å². The summed E-state index contributed by atoms with van der Waals surface area (Å²) in [5, 5.41) is 10.6. The van der Waals surface area contributed by atoms with Crippen molar-refractivity contribution in [3.05, 3.63) is 51.7 Å². The lowest BCUT2D eigenvalue weighted by Gasteiger charge is -2.12. The Morgan fingerprint density at radius 1 is 1.12 bits per heavy atom. The summed E-state index contributed by atoms with van der Waals surface area (Å²) in [4.78, 5) is 14.8. The minimum absolute atomic E-state index is 0.0107. The van der Waals surface area contributed by atoms with Crippen molar-refractivity contribution in [2.24, 2.45) is 10.2 Å². The van der Waals surface area contributed by atoms with Gasteiger partial charge >= 0.3 is 0 Å². The van der Waals surface area contributed by atoms with E-state index in [4.69, 9.17) is 5.14 Å². The van der Waals surface area contributed by atoms with Gasteiger partial charge in [-0.2, -0.15) is 10.1 Å². The van der Waals surface area contributed by atoms with Gasteiger partial charge in [0.1, 0.15) is 0 Å². The van der Waals surface area contributed by atoms with Crippen LogP contribution in [0.1, 0.15) is 16.7 Å². The molecule has 0 saturated carbocycles. The fourth-order valence-corrected chi connectivity index (χ4v) is 3.65. The first kappa shape index (κ1) is 16.6. The van der Waals surface area contributed by atoms with Crippen LogP contribution in [0, 0.1) is 6.92 Å². The zero-order valence-corrected chi connectivity index (χ0v) is 14.7. The quantitative estimate of drug-likeness (QED) is 0.851. The fraction of sp³-hybridized carbons (Fsp3) is 0.125. The fourth-order valence-electron chi connectivity index (χ4n) is 2.31. The number of anilines is 1. The standard InChI is InChI=1S/C16H15N3O3S2/c1-10-3-6-13(23-10)9-15-11(2)18-19(16(15)20)12-4-7-14(8-5-12)24(17,21)22/h3-9H,1-2H3,(H2,17,21,22)/b15-9-. The van der Waals surface area contributed by atoms with Crippen molar-refractivity contribution in [2.45, 2.75) is 18.7 Å². The van der Waals surface area contributed by atoms with E-state index in [0.29, 0.717) is 17.0 Å². The molecule has 1 aliphatic heterocycles. The smallest absolute Gasteiger partial charge is 0.267 e. The first-order valence-corrected chi connectivity index (χ1v) is 9.43. The minimum atomic E-state index is -3.77. The molecule has 0 spiro atoms. The normalized spacial score (nSPS) is 16.8. The summed E-state index contributed by atoms with van der Waals surface area (Å²) >= 11 is 1.60. The Morgan fingerprint density at radius 2 is 1.79 bits per heavy atom. The summed E-state index contributed by atoms with van der Waals surface area (Å²) in [6, 6.07) is 9.67. The van der Waals surface area contributed by atoms with Crippen LogP contribution in [0.4, 0.5) is 5.69 Å². The number of hydrogen-bond donors (Lipinski definition) is 1. The number of nitrogens with two attached hydrogens (primary N) is 1. The number of hydrogen-bond acceptors (Lipinski definition) is 5. The van der Waals surface area contributed by atoms with Gasteiger partial charge in [-0.3, -0.25) is 4.79 Å². The summed E-state index contributed by atoms with van der Waals surface area (Å²) in [5.41, 5.74) is 1.62. The summed E-state index contributed by atoms with van der Waals surface area (Å²) in [7, 11) is -3.77. The summed E-state index contributed by atoms with van der Waals surface area (Å²) in [5.74, 6) is -0.248. The van der Waals surface area contributed by atoms with E-state index in [9.17, 15) is 13.2 Å². The maximum atomic E-state index is 12.6. The average Bonchev–Trinajstić information content (AvgIpc) is 3.05. The number of primary sulfonamides is 1. The summed E-state index contributed by atoms with van der Waals surface area (Å²) < 4.78 is 22.6. The van der Waals surface area contributed by atoms with Gasteiger partial charge in [-0.05, 0) is 56.3 Å². The first-order chi connectivity index (χ1) is 11.3. The van der Waals surface area contributed by atoms with Crippen molar-refractivity contribution in [2.75, 3.05) is 5.01 Å². The second kappa shape index (κ2) is 5.97. The minimum Gasteiger partial charge on any atom is -0.267 e. The second-order valence-electron chi connectivity index (χ2n) is 5.35. The van der Waals surface area contributed by atoms with Crippen LogP contribution in [-0.4, -0.2) is 20.0 Å². The molecule has 8 heteroatoms. The molecule has 0 saturated heterocycles. The maximum Gasteiger partial charge on any atom is 0.280 e. The SMILES string of the molecule is CC1=NN(c2ccc(S(N)(=O)=O)cc2)C(=O)/C1=C\c1ccc(C)s1. The molecule has 2 aromatic rings. The van der Waals surface area contributed by atoms with Gasteiger partial charge in [0.15, 0.2) is 0 Å². The lowest BCUT2D eigenvalue weighted by molar-refractivity contribution is -0.114. The molecule has 1 aromatic heterocycles.